The first-order valence-corrected chi connectivity index (χ1v) is 14.7. The first kappa shape index (κ1) is 25.7. The molecule has 0 aliphatic carbocycles. The Morgan fingerprint density at radius 3 is 1.67 bits per heavy atom. The third-order valence-electron chi connectivity index (χ3n) is 7.74. The fourth-order valence-corrected chi connectivity index (χ4v) is 13.9. The summed E-state index contributed by atoms with van der Waals surface area (Å²) in [5, 5.41) is 1.63. The average molecular weight is 477 g/mol. The Bertz CT molecular complexity index is 965. The summed E-state index contributed by atoms with van der Waals surface area (Å²) in [6.45, 7) is 14.2. The van der Waals surface area contributed by atoms with E-state index in [1.54, 1.807) is 0 Å². The normalized spacial score (nSPS) is 24.5. The second kappa shape index (κ2) is 8.73. The number of benzene rings is 1. The molecule has 5 nitrogen and oxygen atoms in total. The number of ether oxygens (including phenoxy) is 2. The molecule has 33 heavy (non-hydrogen) atoms. The van der Waals surface area contributed by atoms with Crippen molar-refractivity contribution in [1.82, 2.24) is 0 Å². The van der Waals surface area contributed by atoms with E-state index in [-0.39, 0.29) is 17.6 Å². The topological polar surface area (TPSA) is 61.8 Å². The van der Waals surface area contributed by atoms with Crippen molar-refractivity contribution in [3.8, 4) is 0 Å². The zero-order valence-corrected chi connectivity index (χ0v) is 22.8. The van der Waals surface area contributed by atoms with Gasteiger partial charge in [0, 0.05) is 0 Å². The summed E-state index contributed by atoms with van der Waals surface area (Å²) in [6, 6.07) is 4.61. The monoisotopic (exact) mass is 476 g/mol. The van der Waals surface area contributed by atoms with Crippen LogP contribution < -0.4 is 5.30 Å². The molecule has 0 N–H and O–H groups in total. The fraction of sp³-hybridized carbons (Fsp3) is 0.630. The average Bonchev–Trinajstić information content (AvgIpc) is 3.03. The zero-order chi connectivity index (χ0) is 24.9. The van der Waals surface area contributed by atoms with E-state index >= 15 is 0 Å². The van der Waals surface area contributed by atoms with Crippen molar-refractivity contribution in [2.75, 3.05) is 26.5 Å². The molecule has 184 valence electrons. The molecule has 0 aromatic heterocycles. The number of methoxy groups -OCH3 is 2. The number of hydrogen-bond donors (Lipinski definition) is 0. The van der Waals surface area contributed by atoms with Gasteiger partial charge < -0.3 is 0 Å². The van der Waals surface area contributed by atoms with Gasteiger partial charge in [0.1, 0.15) is 0 Å². The zero-order valence-electron chi connectivity index (χ0n) is 21.9. The SMILES string of the molecule is COC(=O)C1=C(C(=O)OC)P2(c3c(C(C)C)cc(C(C)C)cc3C(C)C)(CC(C)C(C)C2)O1. The Morgan fingerprint density at radius 1 is 0.848 bits per heavy atom. The number of carbonyl (C=O) groups excluding carboxylic acids is 2. The summed E-state index contributed by atoms with van der Waals surface area (Å²) in [7, 11) is 2.70. The van der Waals surface area contributed by atoms with E-state index in [0.29, 0.717) is 23.1 Å². The molecule has 2 unspecified atom stereocenters. The number of hydrogen-bond acceptors (Lipinski definition) is 5. The molecule has 1 aromatic carbocycles. The van der Waals surface area contributed by atoms with Gasteiger partial charge in [-0.05, 0) is 0 Å². The summed E-state index contributed by atoms with van der Waals surface area (Å²) < 4.78 is 17.1. The molecule has 6 heteroatoms. The summed E-state index contributed by atoms with van der Waals surface area (Å²) in [5.74, 6) is 0.547. The van der Waals surface area contributed by atoms with Crippen molar-refractivity contribution in [3.05, 3.63) is 39.9 Å². The molecule has 1 spiro atoms. The third-order valence-corrected chi connectivity index (χ3v) is 14.0. The molecule has 0 bridgehead atoms. The maximum absolute atomic E-state index is 13.4. The van der Waals surface area contributed by atoms with Crippen LogP contribution in [-0.2, 0) is 23.6 Å². The van der Waals surface area contributed by atoms with Gasteiger partial charge in [-0.15, -0.1) is 0 Å². The molecule has 1 saturated heterocycles. The summed E-state index contributed by atoms with van der Waals surface area (Å²) in [4.78, 5) is 26.1. The van der Waals surface area contributed by atoms with Crippen molar-refractivity contribution < 1.29 is 23.6 Å². The van der Waals surface area contributed by atoms with Crippen LogP contribution in [0.2, 0.25) is 0 Å². The van der Waals surface area contributed by atoms with E-state index in [1.807, 2.05) is 0 Å². The number of esters is 2. The molecular weight excluding hydrogens is 435 g/mol. The minimum absolute atomic E-state index is 0.0423. The van der Waals surface area contributed by atoms with Crippen LogP contribution >= 0.6 is 6.83 Å². The van der Waals surface area contributed by atoms with Crippen molar-refractivity contribution in [2.24, 2.45) is 11.8 Å². The Kier molecular flexibility index (Phi) is 6.81. The maximum atomic E-state index is 13.4. The van der Waals surface area contributed by atoms with Gasteiger partial charge in [-0.25, -0.2) is 0 Å². The number of rotatable bonds is 6. The van der Waals surface area contributed by atoms with Crippen molar-refractivity contribution in [2.45, 2.75) is 73.1 Å². The van der Waals surface area contributed by atoms with E-state index in [1.165, 1.54) is 36.2 Å². The van der Waals surface area contributed by atoms with Crippen LogP contribution in [0.5, 0.6) is 0 Å². The van der Waals surface area contributed by atoms with Gasteiger partial charge in [0.2, 0.25) is 0 Å². The third kappa shape index (κ3) is 3.71. The van der Waals surface area contributed by atoms with Crippen molar-refractivity contribution in [1.29, 1.82) is 0 Å². The van der Waals surface area contributed by atoms with E-state index < -0.39 is 18.8 Å². The van der Waals surface area contributed by atoms with Gasteiger partial charge in [0.05, 0.1) is 0 Å². The van der Waals surface area contributed by atoms with Gasteiger partial charge in [0.15, 0.2) is 0 Å². The predicted octanol–water partition coefficient (Wildman–Crippen LogP) is 6.02. The molecular formula is C27H41O5P. The van der Waals surface area contributed by atoms with Gasteiger partial charge in [-0.3, -0.25) is 0 Å². The molecule has 2 heterocycles. The first-order valence-electron chi connectivity index (χ1n) is 12.1. The van der Waals surface area contributed by atoms with Gasteiger partial charge in [-0.2, -0.15) is 0 Å². The van der Waals surface area contributed by atoms with Crippen LogP contribution in [0.3, 0.4) is 0 Å². The van der Waals surface area contributed by atoms with Gasteiger partial charge >= 0.3 is 199 Å². The molecule has 0 amide bonds. The van der Waals surface area contributed by atoms with Crippen LogP contribution in [0.15, 0.2) is 23.2 Å². The second-order valence-corrected chi connectivity index (χ2v) is 15.6. The molecule has 0 saturated carbocycles. The van der Waals surface area contributed by atoms with Gasteiger partial charge in [0.25, 0.3) is 0 Å². The molecule has 0 radical (unpaired) electrons. The molecule has 1 aromatic rings. The second-order valence-electron chi connectivity index (χ2n) is 11.0. The Labute approximate surface area is 199 Å². The van der Waals surface area contributed by atoms with Crippen molar-refractivity contribution >= 4 is 24.1 Å². The Balaban J connectivity index is 2.53. The Hall–Kier alpha value is -1.87. The van der Waals surface area contributed by atoms with Gasteiger partial charge in [-0.1, -0.05) is 0 Å². The molecule has 2 aliphatic heterocycles. The first-order chi connectivity index (χ1) is 15.3. The van der Waals surface area contributed by atoms with E-state index in [0.717, 1.165) is 12.3 Å². The molecule has 3 rings (SSSR count). The quantitative estimate of drug-likeness (QED) is 0.371. The molecule has 1 fully saturated rings. The van der Waals surface area contributed by atoms with E-state index in [2.05, 4.69) is 67.5 Å². The van der Waals surface area contributed by atoms with Crippen LogP contribution in [0.1, 0.15) is 89.8 Å². The van der Waals surface area contributed by atoms with Crippen molar-refractivity contribution in [3.63, 3.8) is 0 Å². The molecule has 2 atom stereocenters. The Morgan fingerprint density at radius 2 is 1.30 bits per heavy atom. The summed E-state index contributed by atoms with van der Waals surface area (Å²) in [6.07, 6.45) is 1.50. The van der Waals surface area contributed by atoms with Crippen LogP contribution in [-0.4, -0.2) is 38.5 Å². The van der Waals surface area contributed by atoms with Crippen LogP contribution in [0.25, 0.3) is 0 Å². The molecule has 2 aliphatic rings. The fourth-order valence-electron chi connectivity index (χ4n) is 5.90. The van der Waals surface area contributed by atoms with Crippen LogP contribution in [0.4, 0.5) is 0 Å². The van der Waals surface area contributed by atoms with E-state index in [9.17, 15) is 9.59 Å². The summed E-state index contributed by atoms with van der Waals surface area (Å²) in [5.41, 5.74) is 3.75. The number of carbonyl (C=O) groups is 2. The van der Waals surface area contributed by atoms with E-state index in [4.69, 9.17) is 14.0 Å². The minimum atomic E-state index is -3.47. The standard InChI is InChI=1S/C27H41O5P/c1-15(2)20-11-21(16(3)4)24(22(12-20)17(5)6)33(13-18(7)19(8)14-33)25(27(29)31-10)23(32-33)26(28)30-9/h11-12,15-19H,13-14H2,1-10H3. The predicted molar refractivity (Wildman–Crippen MR) is 135 cm³/mol. The van der Waals surface area contributed by atoms with Crippen LogP contribution in [0, 0.1) is 11.8 Å². The summed E-state index contributed by atoms with van der Waals surface area (Å²) >= 11 is 0.